The van der Waals surface area contributed by atoms with Crippen molar-refractivity contribution in [2.45, 2.75) is 38.1 Å². The van der Waals surface area contributed by atoms with Crippen molar-refractivity contribution in [3.05, 3.63) is 0 Å². The molecule has 3 rings (SSSR count). The standard InChI is InChI=1S/C13H18IN3O3/c14-16-6-3-13(4-7-16)8-10(18)17(12(13)20)9-2-1-5-15-11(9)19/h9H,1-8H2,(H,15,19). The zero-order chi connectivity index (χ0) is 14.3. The first-order chi connectivity index (χ1) is 9.53. The summed E-state index contributed by atoms with van der Waals surface area (Å²) in [6.45, 7) is 2.29. The average molecular weight is 391 g/mol. The van der Waals surface area contributed by atoms with E-state index >= 15 is 0 Å². The first-order valence-corrected chi connectivity index (χ1v) is 8.05. The van der Waals surface area contributed by atoms with E-state index in [4.69, 9.17) is 0 Å². The normalized spacial score (nSPS) is 30.9. The summed E-state index contributed by atoms with van der Waals surface area (Å²) in [4.78, 5) is 38.2. The van der Waals surface area contributed by atoms with E-state index < -0.39 is 11.5 Å². The summed E-state index contributed by atoms with van der Waals surface area (Å²) < 4.78 is 2.15. The highest BCUT2D eigenvalue weighted by Crippen LogP contribution is 2.43. The van der Waals surface area contributed by atoms with Crippen molar-refractivity contribution in [1.82, 2.24) is 13.3 Å². The third-order valence-electron chi connectivity index (χ3n) is 4.66. The highest BCUT2D eigenvalue weighted by molar-refractivity contribution is 14.1. The molecule has 3 aliphatic rings. The molecule has 3 aliphatic heterocycles. The lowest BCUT2D eigenvalue weighted by molar-refractivity contribution is -0.150. The SMILES string of the molecule is O=C1NCCCC1N1C(=O)CC2(CCN(I)CC2)C1=O. The van der Waals surface area contributed by atoms with Crippen molar-refractivity contribution < 1.29 is 14.4 Å². The molecule has 0 aromatic heterocycles. The van der Waals surface area contributed by atoms with Gasteiger partial charge in [-0.15, -0.1) is 0 Å². The quantitative estimate of drug-likeness (QED) is 0.401. The van der Waals surface area contributed by atoms with Gasteiger partial charge >= 0.3 is 0 Å². The van der Waals surface area contributed by atoms with Crippen molar-refractivity contribution in [1.29, 1.82) is 0 Å². The van der Waals surface area contributed by atoms with Crippen molar-refractivity contribution in [2.75, 3.05) is 19.6 Å². The average Bonchev–Trinajstić information content (AvgIpc) is 2.66. The lowest BCUT2D eigenvalue weighted by Crippen LogP contribution is -2.54. The Bertz CT molecular complexity index is 460. The van der Waals surface area contributed by atoms with Crippen LogP contribution in [0, 0.1) is 5.41 Å². The van der Waals surface area contributed by atoms with Gasteiger partial charge in [-0.2, -0.15) is 0 Å². The number of nitrogens with zero attached hydrogens (tertiary/aromatic N) is 2. The van der Waals surface area contributed by atoms with Gasteiger partial charge in [0.25, 0.3) is 0 Å². The smallest absolute Gasteiger partial charge is 0.243 e. The minimum Gasteiger partial charge on any atom is -0.354 e. The Morgan fingerprint density at radius 3 is 2.55 bits per heavy atom. The molecule has 1 spiro atoms. The Balaban J connectivity index is 1.81. The number of hydrogen-bond donors (Lipinski definition) is 1. The van der Waals surface area contributed by atoms with Gasteiger partial charge in [-0.3, -0.25) is 19.3 Å². The number of halogens is 1. The van der Waals surface area contributed by atoms with E-state index in [1.165, 1.54) is 4.90 Å². The van der Waals surface area contributed by atoms with Gasteiger partial charge in [0, 0.05) is 48.9 Å². The van der Waals surface area contributed by atoms with Crippen LogP contribution in [0.3, 0.4) is 0 Å². The minimum absolute atomic E-state index is 0.117. The summed E-state index contributed by atoms with van der Waals surface area (Å²) in [6.07, 6.45) is 3.12. The van der Waals surface area contributed by atoms with Gasteiger partial charge in [0.15, 0.2) is 0 Å². The Hall–Kier alpha value is -0.700. The molecule has 0 radical (unpaired) electrons. The molecule has 1 unspecified atom stereocenters. The van der Waals surface area contributed by atoms with E-state index in [2.05, 4.69) is 31.3 Å². The number of likely N-dealkylation sites (tertiary alicyclic amines) is 1. The van der Waals surface area contributed by atoms with Crippen LogP contribution in [-0.4, -0.2) is 51.4 Å². The molecule has 0 aromatic carbocycles. The molecular formula is C13H18IN3O3. The Morgan fingerprint density at radius 2 is 1.90 bits per heavy atom. The van der Waals surface area contributed by atoms with Crippen molar-refractivity contribution in [3.63, 3.8) is 0 Å². The van der Waals surface area contributed by atoms with Crippen molar-refractivity contribution in [3.8, 4) is 0 Å². The fourth-order valence-corrected chi connectivity index (χ4v) is 3.92. The fourth-order valence-electron chi connectivity index (χ4n) is 3.43. The molecule has 0 saturated carbocycles. The largest absolute Gasteiger partial charge is 0.354 e. The number of hydrogen-bond acceptors (Lipinski definition) is 4. The van der Waals surface area contributed by atoms with Gasteiger partial charge in [-0.25, -0.2) is 3.11 Å². The van der Waals surface area contributed by atoms with E-state index in [-0.39, 0.29) is 24.1 Å². The Kier molecular flexibility index (Phi) is 3.74. The fraction of sp³-hybridized carbons (Fsp3) is 0.769. The summed E-state index contributed by atoms with van der Waals surface area (Å²) >= 11 is 2.25. The first kappa shape index (κ1) is 14.2. The molecule has 3 amide bonds. The van der Waals surface area contributed by atoms with Gasteiger partial charge in [-0.05, 0) is 25.7 Å². The van der Waals surface area contributed by atoms with Crippen LogP contribution < -0.4 is 5.32 Å². The van der Waals surface area contributed by atoms with Gasteiger partial charge in [0.05, 0.1) is 5.41 Å². The maximum absolute atomic E-state index is 12.7. The van der Waals surface area contributed by atoms with Crippen LogP contribution in [0.25, 0.3) is 0 Å². The zero-order valence-electron chi connectivity index (χ0n) is 11.2. The van der Waals surface area contributed by atoms with Crippen LogP contribution >= 0.6 is 22.9 Å². The molecule has 0 bridgehead atoms. The van der Waals surface area contributed by atoms with Crippen molar-refractivity contribution >= 4 is 40.6 Å². The second-order valence-corrected chi connectivity index (χ2v) is 7.25. The number of carbonyl (C=O) groups excluding carboxylic acids is 3. The summed E-state index contributed by atoms with van der Waals surface area (Å²) in [7, 11) is 0. The lowest BCUT2D eigenvalue weighted by atomic mass is 9.77. The molecule has 6 nitrogen and oxygen atoms in total. The van der Waals surface area contributed by atoms with E-state index in [0.717, 1.165) is 19.5 Å². The number of nitrogens with one attached hydrogen (secondary N) is 1. The molecule has 1 N–H and O–H groups in total. The number of piperidine rings is 2. The maximum atomic E-state index is 12.7. The van der Waals surface area contributed by atoms with Gasteiger partial charge in [-0.1, -0.05) is 0 Å². The summed E-state index contributed by atoms with van der Waals surface area (Å²) in [5, 5.41) is 2.75. The second kappa shape index (κ2) is 5.25. The van der Waals surface area contributed by atoms with Gasteiger partial charge < -0.3 is 5.32 Å². The summed E-state index contributed by atoms with van der Waals surface area (Å²) in [5.41, 5.74) is -0.545. The van der Waals surface area contributed by atoms with Crippen LogP contribution in [0.5, 0.6) is 0 Å². The predicted molar refractivity (Wildman–Crippen MR) is 79.8 cm³/mol. The maximum Gasteiger partial charge on any atom is 0.243 e. The van der Waals surface area contributed by atoms with E-state index in [1.54, 1.807) is 0 Å². The number of carbonyl (C=O) groups is 3. The van der Waals surface area contributed by atoms with Crippen LogP contribution in [0.4, 0.5) is 0 Å². The van der Waals surface area contributed by atoms with E-state index in [9.17, 15) is 14.4 Å². The molecule has 20 heavy (non-hydrogen) atoms. The van der Waals surface area contributed by atoms with Gasteiger partial charge in [0.2, 0.25) is 17.7 Å². The molecule has 0 aromatic rings. The number of rotatable bonds is 1. The third-order valence-corrected chi connectivity index (χ3v) is 5.63. The number of amides is 3. The summed E-state index contributed by atoms with van der Waals surface area (Å²) in [6, 6.07) is -0.583. The molecule has 0 aliphatic carbocycles. The lowest BCUT2D eigenvalue weighted by Gasteiger charge is -2.35. The summed E-state index contributed by atoms with van der Waals surface area (Å²) in [5.74, 6) is -0.464. The van der Waals surface area contributed by atoms with Gasteiger partial charge in [0.1, 0.15) is 6.04 Å². The molecule has 7 heteroatoms. The molecule has 3 heterocycles. The van der Waals surface area contributed by atoms with E-state index in [0.29, 0.717) is 25.8 Å². The molecule has 3 fully saturated rings. The zero-order valence-corrected chi connectivity index (χ0v) is 13.4. The molecule has 1 atom stereocenters. The Labute approximate surface area is 131 Å². The second-order valence-electron chi connectivity index (χ2n) is 5.88. The number of imide groups is 1. The molecule has 3 saturated heterocycles. The monoisotopic (exact) mass is 391 g/mol. The molecule has 110 valence electrons. The van der Waals surface area contributed by atoms with Crippen LogP contribution in [0.1, 0.15) is 32.1 Å². The van der Waals surface area contributed by atoms with Crippen LogP contribution in [-0.2, 0) is 14.4 Å². The highest BCUT2D eigenvalue weighted by atomic mass is 127. The molecular weight excluding hydrogens is 373 g/mol. The predicted octanol–water partition coefficient (Wildman–Crippen LogP) is 0.456. The Morgan fingerprint density at radius 1 is 1.20 bits per heavy atom. The van der Waals surface area contributed by atoms with Crippen LogP contribution in [0.2, 0.25) is 0 Å². The highest BCUT2D eigenvalue weighted by Gasteiger charge is 2.55. The first-order valence-electron chi connectivity index (χ1n) is 7.08. The minimum atomic E-state index is -0.583. The van der Waals surface area contributed by atoms with Crippen LogP contribution in [0.15, 0.2) is 0 Å². The van der Waals surface area contributed by atoms with E-state index in [1.807, 2.05) is 0 Å². The topological polar surface area (TPSA) is 69.7 Å². The third kappa shape index (κ3) is 2.24. The van der Waals surface area contributed by atoms with Crippen molar-refractivity contribution in [2.24, 2.45) is 5.41 Å².